The van der Waals surface area contributed by atoms with Crippen molar-refractivity contribution in [3.05, 3.63) is 23.5 Å². The zero-order chi connectivity index (χ0) is 23.1. The number of halogens is 1. The Morgan fingerprint density at radius 2 is 1.66 bits per heavy atom. The number of hydrogen-bond donors (Lipinski definition) is 1. The van der Waals surface area contributed by atoms with Crippen LogP contribution in [0.15, 0.2) is 12.1 Å². The minimum atomic E-state index is -0.895. The number of benzene rings is 1. The van der Waals surface area contributed by atoms with Crippen molar-refractivity contribution in [1.82, 2.24) is 0 Å². The van der Waals surface area contributed by atoms with Crippen molar-refractivity contribution in [3.63, 3.8) is 0 Å². The Labute approximate surface area is 190 Å². The molecule has 0 aliphatic heterocycles. The van der Waals surface area contributed by atoms with E-state index in [0.717, 1.165) is 44.4 Å². The molecule has 0 saturated heterocycles. The van der Waals surface area contributed by atoms with E-state index in [1.807, 2.05) is 0 Å². The highest BCUT2D eigenvalue weighted by molar-refractivity contribution is 5.99. The Kier molecular flexibility index (Phi) is 8.94. The molecule has 2 saturated carbocycles. The SMILES string of the molecule is CCCC1CCC(OC(=O)C2CCC(CC(=O)c3ccc(OCC)c(F)c3O)CC2)CC1. The molecule has 0 heterocycles. The van der Waals surface area contributed by atoms with E-state index < -0.39 is 11.6 Å². The highest BCUT2D eigenvalue weighted by Gasteiger charge is 2.32. The molecule has 0 bridgehead atoms. The summed E-state index contributed by atoms with van der Waals surface area (Å²) in [5.74, 6) is -1.14. The number of hydrogen-bond acceptors (Lipinski definition) is 5. The van der Waals surface area contributed by atoms with E-state index in [2.05, 4.69) is 6.92 Å². The quantitative estimate of drug-likeness (QED) is 0.359. The van der Waals surface area contributed by atoms with Crippen LogP contribution in [0.3, 0.4) is 0 Å². The van der Waals surface area contributed by atoms with Gasteiger partial charge in [-0.05, 0) is 82.3 Å². The average Bonchev–Trinajstić information content (AvgIpc) is 2.79. The molecule has 1 N–H and O–H groups in total. The number of aromatic hydroxyl groups is 1. The molecule has 0 atom stereocenters. The number of ketones is 1. The summed E-state index contributed by atoms with van der Waals surface area (Å²) in [6, 6.07) is 2.80. The number of ether oxygens (including phenoxy) is 2. The van der Waals surface area contributed by atoms with Gasteiger partial charge >= 0.3 is 5.97 Å². The van der Waals surface area contributed by atoms with Gasteiger partial charge in [-0.1, -0.05) is 19.8 Å². The summed E-state index contributed by atoms with van der Waals surface area (Å²) in [5, 5.41) is 10.1. The third-order valence-electron chi connectivity index (χ3n) is 7.11. The van der Waals surface area contributed by atoms with Crippen LogP contribution in [-0.4, -0.2) is 29.6 Å². The van der Waals surface area contributed by atoms with E-state index in [-0.39, 0.29) is 54.0 Å². The molecule has 0 unspecified atom stereocenters. The lowest BCUT2D eigenvalue weighted by Gasteiger charge is -2.31. The zero-order valence-electron chi connectivity index (χ0n) is 19.4. The van der Waals surface area contributed by atoms with E-state index in [9.17, 15) is 19.1 Å². The van der Waals surface area contributed by atoms with Crippen LogP contribution < -0.4 is 4.74 Å². The highest BCUT2D eigenvalue weighted by Crippen LogP contribution is 2.36. The van der Waals surface area contributed by atoms with Gasteiger partial charge < -0.3 is 14.6 Å². The minimum Gasteiger partial charge on any atom is -0.504 e. The first-order valence-corrected chi connectivity index (χ1v) is 12.3. The Morgan fingerprint density at radius 1 is 1.00 bits per heavy atom. The van der Waals surface area contributed by atoms with Crippen LogP contribution in [-0.2, 0) is 9.53 Å². The predicted molar refractivity (Wildman–Crippen MR) is 120 cm³/mol. The van der Waals surface area contributed by atoms with Crippen molar-refractivity contribution in [1.29, 1.82) is 0 Å². The molecule has 0 amide bonds. The second-order valence-corrected chi connectivity index (χ2v) is 9.42. The molecule has 5 nitrogen and oxygen atoms in total. The van der Waals surface area contributed by atoms with Crippen molar-refractivity contribution in [2.45, 2.75) is 90.6 Å². The van der Waals surface area contributed by atoms with Crippen molar-refractivity contribution >= 4 is 11.8 Å². The minimum absolute atomic E-state index is 0.00818. The van der Waals surface area contributed by atoms with Crippen LogP contribution in [0.1, 0.15) is 94.8 Å². The summed E-state index contributed by atoms with van der Waals surface area (Å²) in [4.78, 5) is 25.3. The van der Waals surface area contributed by atoms with Gasteiger partial charge in [0.15, 0.2) is 17.3 Å². The molecule has 32 heavy (non-hydrogen) atoms. The van der Waals surface area contributed by atoms with Gasteiger partial charge in [0, 0.05) is 6.42 Å². The molecule has 178 valence electrons. The molecular formula is C26H37FO5. The van der Waals surface area contributed by atoms with Gasteiger partial charge in [-0.3, -0.25) is 9.59 Å². The third-order valence-corrected chi connectivity index (χ3v) is 7.11. The molecule has 6 heteroatoms. The number of carbonyl (C=O) groups excluding carboxylic acids is 2. The van der Waals surface area contributed by atoms with E-state index in [0.29, 0.717) is 12.8 Å². The molecular weight excluding hydrogens is 411 g/mol. The van der Waals surface area contributed by atoms with Gasteiger partial charge in [-0.25, -0.2) is 0 Å². The number of phenols is 1. The number of Topliss-reactive ketones (excluding diaryl/α,β-unsaturated/α-hetero) is 1. The molecule has 1 aromatic carbocycles. The van der Waals surface area contributed by atoms with E-state index in [4.69, 9.17) is 9.47 Å². The van der Waals surface area contributed by atoms with Crippen molar-refractivity contribution in [2.75, 3.05) is 6.61 Å². The Balaban J connectivity index is 1.44. The Bertz CT molecular complexity index is 777. The fraction of sp³-hybridized carbons (Fsp3) is 0.692. The molecule has 3 rings (SSSR count). The first-order chi connectivity index (χ1) is 15.4. The number of rotatable bonds is 9. The fourth-order valence-electron chi connectivity index (χ4n) is 5.22. The smallest absolute Gasteiger partial charge is 0.309 e. The third kappa shape index (κ3) is 6.23. The van der Waals surface area contributed by atoms with E-state index >= 15 is 0 Å². The topological polar surface area (TPSA) is 72.8 Å². The van der Waals surface area contributed by atoms with Crippen LogP contribution in [0.5, 0.6) is 11.5 Å². The van der Waals surface area contributed by atoms with Gasteiger partial charge in [0.05, 0.1) is 18.1 Å². The highest BCUT2D eigenvalue weighted by atomic mass is 19.1. The first kappa shape index (κ1) is 24.5. The maximum Gasteiger partial charge on any atom is 0.309 e. The first-order valence-electron chi connectivity index (χ1n) is 12.3. The van der Waals surface area contributed by atoms with E-state index in [1.54, 1.807) is 6.92 Å². The maximum atomic E-state index is 14.2. The van der Waals surface area contributed by atoms with E-state index in [1.165, 1.54) is 25.0 Å². The second kappa shape index (κ2) is 11.7. The summed E-state index contributed by atoms with van der Waals surface area (Å²) >= 11 is 0. The fourth-order valence-corrected chi connectivity index (χ4v) is 5.22. The number of carbonyl (C=O) groups is 2. The van der Waals surface area contributed by atoms with Gasteiger partial charge in [0.25, 0.3) is 0 Å². The van der Waals surface area contributed by atoms with Crippen LogP contribution in [0, 0.1) is 23.6 Å². The zero-order valence-corrected chi connectivity index (χ0v) is 19.4. The van der Waals surface area contributed by atoms with Gasteiger partial charge in [0.1, 0.15) is 6.10 Å². The molecule has 0 spiro atoms. The number of phenolic OH excluding ortho intramolecular Hbond substituents is 1. The van der Waals surface area contributed by atoms with Crippen LogP contribution >= 0.6 is 0 Å². The summed E-state index contributed by atoms with van der Waals surface area (Å²) in [5.41, 5.74) is -0.00818. The number of esters is 1. The standard InChI is InChI=1S/C26H37FO5/c1-3-5-17-8-12-20(13-9-17)32-26(30)19-10-6-18(7-11-19)16-22(28)21-14-15-23(31-4-2)24(27)25(21)29/h14-15,17-20,29H,3-13,16H2,1-2H3. The summed E-state index contributed by atoms with van der Waals surface area (Å²) in [7, 11) is 0. The van der Waals surface area contributed by atoms with Crippen molar-refractivity contribution < 1.29 is 28.6 Å². The normalized spacial score (nSPS) is 25.8. The predicted octanol–water partition coefficient (Wildman–Crippen LogP) is 6.21. The van der Waals surface area contributed by atoms with Crippen LogP contribution in [0.2, 0.25) is 0 Å². The largest absolute Gasteiger partial charge is 0.504 e. The lowest BCUT2D eigenvalue weighted by Crippen LogP contribution is -2.30. The van der Waals surface area contributed by atoms with Gasteiger partial charge in [-0.15, -0.1) is 0 Å². The molecule has 0 aromatic heterocycles. The molecule has 2 aliphatic rings. The van der Waals surface area contributed by atoms with Gasteiger partial charge in [-0.2, -0.15) is 4.39 Å². The molecule has 1 aromatic rings. The molecule has 2 fully saturated rings. The van der Waals surface area contributed by atoms with Gasteiger partial charge in [0.2, 0.25) is 5.82 Å². The summed E-state index contributed by atoms with van der Waals surface area (Å²) in [6.07, 6.45) is 9.99. The summed E-state index contributed by atoms with van der Waals surface area (Å²) < 4.78 is 25.1. The maximum absolute atomic E-state index is 14.2. The Hall–Kier alpha value is -2.11. The van der Waals surface area contributed by atoms with Crippen molar-refractivity contribution in [2.24, 2.45) is 17.8 Å². The van der Waals surface area contributed by atoms with Crippen molar-refractivity contribution in [3.8, 4) is 11.5 Å². The summed E-state index contributed by atoms with van der Waals surface area (Å²) in [6.45, 7) is 4.21. The van der Waals surface area contributed by atoms with Crippen LogP contribution in [0.25, 0.3) is 0 Å². The molecule has 0 radical (unpaired) electrons. The molecule has 2 aliphatic carbocycles. The average molecular weight is 449 g/mol. The lowest BCUT2D eigenvalue weighted by molar-refractivity contribution is -0.157. The Morgan fingerprint density at radius 3 is 2.28 bits per heavy atom. The monoisotopic (exact) mass is 448 g/mol. The lowest BCUT2D eigenvalue weighted by atomic mass is 9.79. The second-order valence-electron chi connectivity index (χ2n) is 9.42. The van der Waals surface area contributed by atoms with Crippen LogP contribution in [0.4, 0.5) is 4.39 Å².